The average Bonchev–Trinajstić information content (AvgIpc) is 2.36. The van der Waals surface area contributed by atoms with E-state index in [1.807, 2.05) is 0 Å². The summed E-state index contributed by atoms with van der Waals surface area (Å²) in [7, 11) is 1.78. The third-order valence-corrected chi connectivity index (χ3v) is 3.40. The van der Waals surface area contributed by atoms with E-state index in [2.05, 4.69) is 10.1 Å². The topological polar surface area (TPSA) is 71.1 Å². The molecule has 0 aromatic rings. The van der Waals surface area contributed by atoms with E-state index in [0.29, 0.717) is 12.3 Å². The quantitative estimate of drug-likeness (QED) is 0.232. The van der Waals surface area contributed by atoms with Crippen molar-refractivity contribution in [2.45, 2.75) is 32.1 Å². The van der Waals surface area contributed by atoms with Gasteiger partial charge in [0.15, 0.2) is 0 Å². The van der Waals surface area contributed by atoms with Gasteiger partial charge in [0.2, 0.25) is 0 Å². The van der Waals surface area contributed by atoms with Gasteiger partial charge in [-0.3, -0.25) is 0 Å². The van der Waals surface area contributed by atoms with Gasteiger partial charge in [-0.05, 0) is 51.2 Å². The molecule has 0 saturated carbocycles. The van der Waals surface area contributed by atoms with Crippen molar-refractivity contribution in [3.63, 3.8) is 0 Å². The number of piperidine rings is 1. The smallest absolute Gasteiger partial charge is 0.139 e. The molecule has 1 saturated heterocycles. The van der Waals surface area contributed by atoms with Crippen LogP contribution in [0.2, 0.25) is 0 Å². The molecular formula is C12H25N3O2. The molecule has 0 unspecified atom stereocenters. The number of amidine groups is 1. The Labute approximate surface area is 104 Å². The fourth-order valence-corrected chi connectivity index (χ4v) is 2.30. The Morgan fingerprint density at radius 1 is 1.41 bits per heavy atom. The Balaban J connectivity index is 2.02. The summed E-state index contributed by atoms with van der Waals surface area (Å²) >= 11 is 0. The number of unbranched alkanes of at least 4 members (excludes halogenated alkanes) is 1. The minimum Gasteiger partial charge on any atom is -0.409 e. The summed E-state index contributed by atoms with van der Waals surface area (Å²) in [6.45, 7) is 4.38. The number of ether oxygens (including phenoxy) is 1. The van der Waals surface area contributed by atoms with Crippen molar-refractivity contribution in [2.24, 2.45) is 16.8 Å². The second kappa shape index (κ2) is 8.31. The lowest BCUT2D eigenvalue weighted by Gasteiger charge is -2.31. The number of nitrogens with zero attached hydrogens (tertiary/aromatic N) is 2. The average molecular weight is 243 g/mol. The molecule has 1 aliphatic heterocycles. The first kappa shape index (κ1) is 14.3. The maximum Gasteiger partial charge on any atom is 0.139 e. The Morgan fingerprint density at radius 2 is 2.12 bits per heavy atom. The second-order valence-corrected chi connectivity index (χ2v) is 4.79. The highest BCUT2D eigenvalue weighted by Crippen LogP contribution is 2.17. The largest absolute Gasteiger partial charge is 0.409 e. The van der Waals surface area contributed by atoms with E-state index in [0.717, 1.165) is 31.9 Å². The molecule has 0 aromatic heterocycles. The van der Waals surface area contributed by atoms with Crippen molar-refractivity contribution in [1.29, 1.82) is 0 Å². The molecule has 0 bridgehead atoms. The van der Waals surface area contributed by atoms with E-state index >= 15 is 0 Å². The van der Waals surface area contributed by atoms with Crippen molar-refractivity contribution in [1.82, 2.24) is 4.90 Å². The molecule has 0 aliphatic carbocycles. The molecule has 0 radical (unpaired) electrons. The fourth-order valence-electron chi connectivity index (χ4n) is 2.30. The minimum absolute atomic E-state index is 0.337. The highest BCUT2D eigenvalue weighted by Gasteiger charge is 2.18. The molecule has 0 spiro atoms. The SMILES string of the molecule is COCC1CCN(CCCCC(N)=NO)CC1. The molecule has 100 valence electrons. The van der Waals surface area contributed by atoms with Crippen LogP contribution in [0, 0.1) is 5.92 Å². The Bertz CT molecular complexity index is 226. The molecule has 1 heterocycles. The van der Waals surface area contributed by atoms with Crippen molar-refractivity contribution < 1.29 is 9.94 Å². The summed E-state index contributed by atoms with van der Waals surface area (Å²) in [5.41, 5.74) is 5.42. The molecule has 1 aliphatic rings. The van der Waals surface area contributed by atoms with E-state index in [4.69, 9.17) is 15.7 Å². The summed E-state index contributed by atoms with van der Waals surface area (Å²) in [6.07, 6.45) is 5.29. The number of hydrogen-bond acceptors (Lipinski definition) is 4. The maximum absolute atomic E-state index is 8.40. The normalized spacial score (nSPS) is 19.7. The van der Waals surface area contributed by atoms with Crippen molar-refractivity contribution in [3.05, 3.63) is 0 Å². The van der Waals surface area contributed by atoms with Crippen LogP contribution in [0.4, 0.5) is 0 Å². The fraction of sp³-hybridized carbons (Fsp3) is 0.917. The zero-order chi connectivity index (χ0) is 12.5. The predicted octanol–water partition coefficient (Wildman–Crippen LogP) is 1.26. The molecule has 5 heteroatoms. The summed E-state index contributed by atoms with van der Waals surface area (Å²) in [6, 6.07) is 0. The first-order valence-corrected chi connectivity index (χ1v) is 6.44. The van der Waals surface area contributed by atoms with Crippen molar-refractivity contribution >= 4 is 5.84 Å². The molecule has 1 fully saturated rings. The lowest BCUT2D eigenvalue weighted by atomic mass is 9.97. The van der Waals surface area contributed by atoms with E-state index in [1.165, 1.54) is 25.9 Å². The zero-order valence-electron chi connectivity index (χ0n) is 10.8. The highest BCUT2D eigenvalue weighted by atomic mass is 16.5. The number of hydrogen-bond donors (Lipinski definition) is 2. The van der Waals surface area contributed by atoms with Crippen LogP contribution in [0.3, 0.4) is 0 Å². The molecule has 5 nitrogen and oxygen atoms in total. The molecule has 3 N–H and O–H groups in total. The van der Waals surface area contributed by atoms with Gasteiger partial charge in [-0.2, -0.15) is 0 Å². The highest BCUT2D eigenvalue weighted by molar-refractivity contribution is 5.79. The maximum atomic E-state index is 8.40. The van der Waals surface area contributed by atoms with E-state index in [-0.39, 0.29) is 0 Å². The van der Waals surface area contributed by atoms with Gasteiger partial charge in [-0.25, -0.2) is 0 Å². The predicted molar refractivity (Wildman–Crippen MR) is 68.3 cm³/mol. The van der Waals surface area contributed by atoms with Crippen LogP contribution in [0.1, 0.15) is 32.1 Å². The summed E-state index contributed by atoms with van der Waals surface area (Å²) in [5.74, 6) is 1.08. The standard InChI is InChI=1S/C12H25N3O2/c1-17-10-11-5-8-15(9-6-11)7-3-2-4-12(13)14-16/h11,16H,2-10H2,1H3,(H2,13,14). The minimum atomic E-state index is 0.337. The van der Waals surface area contributed by atoms with Crippen molar-refractivity contribution in [2.75, 3.05) is 33.4 Å². The number of oxime groups is 1. The van der Waals surface area contributed by atoms with Gasteiger partial charge in [0, 0.05) is 20.1 Å². The number of nitrogens with two attached hydrogens (primary N) is 1. The van der Waals surface area contributed by atoms with Crippen molar-refractivity contribution in [3.8, 4) is 0 Å². The molecule has 0 atom stereocenters. The van der Waals surface area contributed by atoms with Crippen LogP contribution in [0.15, 0.2) is 5.16 Å². The molecule has 1 rings (SSSR count). The van der Waals surface area contributed by atoms with Crippen LogP contribution >= 0.6 is 0 Å². The van der Waals surface area contributed by atoms with Gasteiger partial charge in [0.05, 0.1) is 0 Å². The molecular weight excluding hydrogens is 218 g/mol. The zero-order valence-corrected chi connectivity index (χ0v) is 10.8. The second-order valence-electron chi connectivity index (χ2n) is 4.79. The first-order valence-electron chi connectivity index (χ1n) is 6.44. The molecule has 0 aromatic carbocycles. The third-order valence-electron chi connectivity index (χ3n) is 3.40. The number of methoxy groups -OCH3 is 1. The number of likely N-dealkylation sites (tertiary alicyclic amines) is 1. The lowest BCUT2D eigenvalue weighted by molar-refractivity contribution is 0.0989. The molecule has 17 heavy (non-hydrogen) atoms. The van der Waals surface area contributed by atoms with Crippen LogP contribution in [-0.4, -0.2) is 49.3 Å². The third kappa shape index (κ3) is 5.89. The van der Waals surface area contributed by atoms with Crippen LogP contribution in [0.25, 0.3) is 0 Å². The van der Waals surface area contributed by atoms with Gasteiger partial charge in [-0.15, -0.1) is 0 Å². The van der Waals surface area contributed by atoms with Gasteiger partial charge in [-0.1, -0.05) is 5.16 Å². The van der Waals surface area contributed by atoms with Gasteiger partial charge < -0.3 is 20.6 Å². The Morgan fingerprint density at radius 3 is 2.71 bits per heavy atom. The van der Waals surface area contributed by atoms with E-state index < -0.39 is 0 Å². The Hall–Kier alpha value is -0.810. The van der Waals surface area contributed by atoms with Gasteiger partial charge >= 0.3 is 0 Å². The van der Waals surface area contributed by atoms with E-state index in [1.54, 1.807) is 7.11 Å². The van der Waals surface area contributed by atoms with Crippen LogP contribution in [0.5, 0.6) is 0 Å². The summed E-state index contributed by atoms with van der Waals surface area (Å²) in [4.78, 5) is 2.50. The molecule has 0 amide bonds. The summed E-state index contributed by atoms with van der Waals surface area (Å²) in [5, 5.41) is 11.4. The lowest BCUT2D eigenvalue weighted by Crippen LogP contribution is -2.35. The monoisotopic (exact) mass is 243 g/mol. The number of rotatable bonds is 7. The Kier molecular flexibility index (Phi) is 6.96. The first-order chi connectivity index (χ1) is 8.26. The van der Waals surface area contributed by atoms with Crippen LogP contribution < -0.4 is 5.73 Å². The van der Waals surface area contributed by atoms with Gasteiger partial charge in [0.1, 0.15) is 5.84 Å². The van der Waals surface area contributed by atoms with Gasteiger partial charge in [0.25, 0.3) is 0 Å². The van der Waals surface area contributed by atoms with Crippen LogP contribution in [-0.2, 0) is 4.74 Å². The van der Waals surface area contributed by atoms with E-state index in [9.17, 15) is 0 Å². The summed E-state index contributed by atoms with van der Waals surface area (Å²) < 4.78 is 5.18.